The second kappa shape index (κ2) is 5.89. The van der Waals surface area contributed by atoms with Crippen molar-refractivity contribution in [1.29, 1.82) is 0 Å². The van der Waals surface area contributed by atoms with Gasteiger partial charge in [0.05, 0.1) is 12.8 Å². The largest absolute Gasteiger partial charge is 0.467 e. The molecule has 1 aromatic heterocycles. The van der Waals surface area contributed by atoms with Crippen LogP contribution in [0.25, 0.3) is 0 Å². The highest BCUT2D eigenvalue weighted by atomic mass is 16.3. The molecule has 0 N–H and O–H groups in total. The standard InChI is InChI=1S/C14H21NO2/c1-2-6-14(16)15(12-7-3-4-8-12)11-13-9-5-10-17-13/h5,9-10,12H,2-4,6-8,11H2,1H3. The number of carbonyl (C=O) groups is 1. The summed E-state index contributed by atoms with van der Waals surface area (Å²) in [5.41, 5.74) is 0. The molecule has 0 unspecified atom stereocenters. The van der Waals surface area contributed by atoms with Gasteiger partial charge in [0.25, 0.3) is 0 Å². The zero-order valence-corrected chi connectivity index (χ0v) is 10.5. The number of carbonyl (C=O) groups excluding carboxylic acids is 1. The fourth-order valence-corrected chi connectivity index (χ4v) is 2.56. The Kier molecular flexibility index (Phi) is 4.24. The van der Waals surface area contributed by atoms with E-state index in [1.54, 1.807) is 6.26 Å². The van der Waals surface area contributed by atoms with Crippen molar-refractivity contribution in [2.45, 2.75) is 58.0 Å². The molecule has 1 heterocycles. The minimum atomic E-state index is 0.274. The topological polar surface area (TPSA) is 33.5 Å². The molecule has 1 aliphatic carbocycles. The highest BCUT2D eigenvalue weighted by Gasteiger charge is 2.26. The zero-order chi connectivity index (χ0) is 12.1. The van der Waals surface area contributed by atoms with E-state index in [-0.39, 0.29) is 5.91 Å². The van der Waals surface area contributed by atoms with Gasteiger partial charge < -0.3 is 9.32 Å². The predicted molar refractivity (Wildman–Crippen MR) is 66.4 cm³/mol. The Morgan fingerprint density at radius 2 is 2.24 bits per heavy atom. The number of nitrogens with zero attached hydrogens (tertiary/aromatic N) is 1. The SMILES string of the molecule is CCCC(=O)N(Cc1ccco1)C1CCCC1. The summed E-state index contributed by atoms with van der Waals surface area (Å²) in [4.78, 5) is 14.2. The number of furan rings is 1. The third kappa shape index (κ3) is 3.11. The van der Waals surface area contributed by atoms with Crippen molar-refractivity contribution in [1.82, 2.24) is 4.90 Å². The Morgan fingerprint density at radius 3 is 2.82 bits per heavy atom. The van der Waals surface area contributed by atoms with Gasteiger partial charge in [0.15, 0.2) is 0 Å². The first-order chi connectivity index (χ1) is 8.31. The van der Waals surface area contributed by atoms with Crippen LogP contribution >= 0.6 is 0 Å². The molecule has 0 radical (unpaired) electrons. The van der Waals surface area contributed by atoms with Crippen LogP contribution in [-0.4, -0.2) is 16.8 Å². The molecule has 1 saturated carbocycles. The van der Waals surface area contributed by atoms with Gasteiger partial charge in [0.2, 0.25) is 5.91 Å². The van der Waals surface area contributed by atoms with Crippen LogP contribution in [0, 0.1) is 0 Å². The maximum Gasteiger partial charge on any atom is 0.223 e. The first-order valence-corrected chi connectivity index (χ1v) is 6.63. The van der Waals surface area contributed by atoms with Gasteiger partial charge >= 0.3 is 0 Å². The van der Waals surface area contributed by atoms with Gasteiger partial charge in [-0.1, -0.05) is 19.8 Å². The number of hydrogen-bond donors (Lipinski definition) is 0. The molecule has 17 heavy (non-hydrogen) atoms. The van der Waals surface area contributed by atoms with E-state index in [0.717, 1.165) is 25.0 Å². The monoisotopic (exact) mass is 235 g/mol. The third-order valence-electron chi connectivity index (χ3n) is 3.46. The fourth-order valence-electron chi connectivity index (χ4n) is 2.56. The average Bonchev–Trinajstić information content (AvgIpc) is 2.99. The van der Waals surface area contributed by atoms with Gasteiger partial charge in [0.1, 0.15) is 5.76 Å². The van der Waals surface area contributed by atoms with Crippen LogP contribution in [0.1, 0.15) is 51.2 Å². The van der Waals surface area contributed by atoms with E-state index in [4.69, 9.17) is 4.42 Å². The fraction of sp³-hybridized carbons (Fsp3) is 0.643. The van der Waals surface area contributed by atoms with Crippen molar-refractivity contribution < 1.29 is 9.21 Å². The van der Waals surface area contributed by atoms with Crippen molar-refractivity contribution in [3.8, 4) is 0 Å². The van der Waals surface area contributed by atoms with Gasteiger partial charge in [-0.15, -0.1) is 0 Å². The number of rotatable bonds is 5. The Hall–Kier alpha value is -1.25. The second-order valence-corrected chi connectivity index (χ2v) is 4.79. The highest BCUT2D eigenvalue weighted by Crippen LogP contribution is 2.25. The van der Waals surface area contributed by atoms with E-state index in [9.17, 15) is 4.79 Å². The summed E-state index contributed by atoms with van der Waals surface area (Å²) in [6, 6.07) is 4.26. The normalized spacial score (nSPS) is 16.3. The van der Waals surface area contributed by atoms with Crippen molar-refractivity contribution >= 4 is 5.91 Å². The molecule has 3 heteroatoms. The van der Waals surface area contributed by atoms with E-state index in [2.05, 4.69) is 6.92 Å². The summed E-state index contributed by atoms with van der Waals surface area (Å²) in [5.74, 6) is 1.16. The molecule has 0 spiro atoms. The van der Waals surface area contributed by atoms with Crippen LogP contribution in [0.5, 0.6) is 0 Å². The third-order valence-corrected chi connectivity index (χ3v) is 3.46. The van der Waals surface area contributed by atoms with Crippen LogP contribution in [0.4, 0.5) is 0 Å². The van der Waals surface area contributed by atoms with Crippen LogP contribution in [0.3, 0.4) is 0 Å². The maximum absolute atomic E-state index is 12.1. The molecule has 0 bridgehead atoms. The smallest absolute Gasteiger partial charge is 0.223 e. The van der Waals surface area contributed by atoms with Crippen LogP contribution < -0.4 is 0 Å². The lowest BCUT2D eigenvalue weighted by Gasteiger charge is -2.28. The molecular weight excluding hydrogens is 214 g/mol. The zero-order valence-electron chi connectivity index (χ0n) is 10.5. The lowest BCUT2D eigenvalue weighted by molar-refractivity contribution is -0.134. The van der Waals surface area contributed by atoms with Gasteiger partial charge in [-0.3, -0.25) is 4.79 Å². The molecule has 1 amide bonds. The first-order valence-electron chi connectivity index (χ1n) is 6.63. The van der Waals surface area contributed by atoms with E-state index >= 15 is 0 Å². The molecule has 0 aromatic carbocycles. The highest BCUT2D eigenvalue weighted by molar-refractivity contribution is 5.76. The van der Waals surface area contributed by atoms with Crippen molar-refractivity contribution in [3.05, 3.63) is 24.2 Å². The quantitative estimate of drug-likeness (QED) is 0.784. The second-order valence-electron chi connectivity index (χ2n) is 4.79. The molecule has 3 nitrogen and oxygen atoms in total. The lowest BCUT2D eigenvalue weighted by Crippen LogP contribution is -2.38. The molecule has 1 aliphatic rings. The van der Waals surface area contributed by atoms with Gasteiger partial charge in [-0.25, -0.2) is 0 Å². The average molecular weight is 235 g/mol. The minimum Gasteiger partial charge on any atom is -0.467 e. The summed E-state index contributed by atoms with van der Waals surface area (Å²) >= 11 is 0. The Labute approximate surface area is 103 Å². The van der Waals surface area contributed by atoms with Gasteiger partial charge in [0, 0.05) is 12.5 Å². The molecule has 0 aliphatic heterocycles. The molecule has 94 valence electrons. The van der Waals surface area contributed by atoms with E-state index in [0.29, 0.717) is 19.0 Å². The Balaban J connectivity index is 2.03. The molecule has 2 rings (SSSR count). The molecular formula is C14H21NO2. The molecule has 1 fully saturated rings. The number of hydrogen-bond acceptors (Lipinski definition) is 2. The Morgan fingerprint density at radius 1 is 1.47 bits per heavy atom. The van der Waals surface area contributed by atoms with Gasteiger partial charge in [-0.05, 0) is 31.4 Å². The van der Waals surface area contributed by atoms with E-state index in [1.807, 2.05) is 17.0 Å². The van der Waals surface area contributed by atoms with Crippen LogP contribution in [-0.2, 0) is 11.3 Å². The van der Waals surface area contributed by atoms with Gasteiger partial charge in [-0.2, -0.15) is 0 Å². The summed E-state index contributed by atoms with van der Waals surface area (Å²) < 4.78 is 5.36. The Bertz CT molecular complexity index is 339. The summed E-state index contributed by atoms with van der Waals surface area (Å²) in [6.45, 7) is 2.69. The minimum absolute atomic E-state index is 0.274. The molecule has 0 saturated heterocycles. The molecule has 0 atom stereocenters. The number of amides is 1. The summed E-state index contributed by atoms with van der Waals surface area (Å²) in [5, 5.41) is 0. The van der Waals surface area contributed by atoms with E-state index in [1.165, 1.54) is 12.8 Å². The lowest BCUT2D eigenvalue weighted by atomic mass is 10.1. The van der Waals surface area contributed by atoms with Crippen molar-refractivity contribution in [3.63, 3.8) is 0 Å². The van der Waals surface area contributed by atoms with Crippen molar-refractivity contribution in [2.24, 2.45) is 0 Å². The van der Waals surface area contributed by atoms with Crippen LogP contribution in [0.15, 0.2) is 22.8 Å². The summed E-state index contributed by atoms with van der Waals surface area (Å²) in [7, 11) is 0. The van der Waals surface area contributed by atoms with E-state index < -0.39 is 0 Å². The van der Waals surface area contributed by atoms with Crippen molar-refractivity contribution in [2.75, 3.05) is 0 Å². The molecule has 1 aromatic rings. The maximum atomic E-state index is 12.1. The predicted octanol–water partition coefficient (Wildman–Crippen LogP) is 3.35. The summed E-state index contributed by atoms with van der Waals surface area (Å²) in [6.07, 6.45) is 8.04. The van der Waals surface area contributed by atoms with Crippen LogP contribution in [0.2, 0.25) is 0 Å². The first kappa shape index (κ1) is 12.2.